The summed E-state index contributed by atoms with van der Waals surface area (Å²) in [6.07, 6.45) is 27.0. The Kier molecular flexibility index (Phi) is 14.7. The number of aromatic nitrogens is 2. The van der Waals surface area contributed by atoms with Gasteiger partial charge in [0.15, 0.2) is 0 Å². The van der Waals surface area contributed by atoms with Crippen LogP contribution in [0.2, 0.25) is 0 Å². The van der Waals surface area contributed by atoms with Crippen LogP contribution in [-0.2, 0) is 19.5 Å². The van der Waals surface area contributed by atoms with Crippen molar-refractivity contribution in [1.82, 2.24) is 4.57 Å². The minimum atomic E-state index is 1.10. The fraction of sp³-hybridized carbons (Fsp3) is 0.875. The Bertz CT molecular complexity index is 422. The first-order valence-corrected chi connectivity index (χ1v) is 11.9. The summed E-state index contributed by atoms with van der Waals surface area (Å²) >= 11 is 0. The van der Waals surface area contributed by atoms with Crippen LogP contribution in [-0.4, -0.2) is 4.57 Å². The highest BCUT2D eigenvalue weighted by Gasteiger charge is 2.14. The molecule has 0 fully saturated rings. The SMILES string of the molecule is CCCCCCCCCCCCCCC[n+]1ccn(CC)c1CCCC. The molecule has 0 atom stereocenters. The maximum atomic E-state index is 2.51. The Balaban J connectivity index is 2.00. The predicted octanol–water partition coefficient (Wildman–Crippen LogP) is 7.23. The molecule has 0 N–H and O–H groups in total. The van der Waals surface area contributed by atoms with Gasteiger partial charge in [0.2, 0.25) is 0 Å². The molecule has 0 radical (unpaired) electrons. The van der Waals surface area contributed by atoms with Crippen molar-refractivity contribution in [3.63, 3.8) is 0 Å². The molecule has 1 aromatic heterocycles. The second kappa shape index (κ2) is 16.4. The van der Waals surface area contributed by atoms with E-state index in [9.17, 15) is 0 Å². The van der Waals surface area contributed by atoms with Crippen molar-refractivity contribution in [2.45, 2.75) is 137 Å². The number of imidazole rings is 1. The third kappa shape index (κ3) is 10.4. The smallest absolute Gasteiger partial charge is 0.235 e. The second-order valence-corrected chi connectivity index (χ2v) is 8.04. The van der Waals surface area contributed by atoms with Crippen LogP contribution in [0.5, 0.6) is 0 Å². The Labute approximate surface area is 164 Å². The van der Waals surface area contributed by atoms with Gasteiger partial charge in [-0.05, 0) is 26.2 Å². The molecular weight excluding hydrogens is 316 g/mol. The molecular formula is C24H47N2+. The van der Waals surface area contributed by atoms with Gasteiger partial charge in [0.25, 0.3) is 5.82 Å². The predicted molar refractivity (Wildman–Crippen MR) is 115 cm³/mol. The first kappa shape index (κ1) is 23.2. The van der Waals surface area contributed by atoms with Gasteiger partial charge < -0.3 is 0 Å². The van der Waals surface area contributed by atoms with Gasteiger partial charge in [0, 0.05) is 6.42 Å². The molecule has 0 spiro atoms. The van der Waals surface area contributed by atoms with E-state index in [4.69, 9.17) is 0 Å². The molecule has 0 bridgehead atoms. The molecule has 1 heterocycles. The van der Waals surface area contributed by atoms with Gasteiger partial charge in [-0.15, -0.1) is 0 Å². The van der Waals surface area contributed by atoms with Crippen molar-refractivity contribution in [3.8, 4) is 0 Å². The molecule has 1 aromatic rings. The van der Waals surface area contributed by atoms with Crippen molar-refractivity contribution in [3.05, 3.63) is 18.2 Å². The molecule has 2 heteroatoms. The van der Waals surface area contributed by atoms with Crippen LogP contribution < -0.4 is 4.57 Å². The Morgan fingerprint density at radius 1 is 0.654 bits per heavy atom. The van der Waals surface area contributed by atoms with Crippen LogP contribution >= 0.6 is 0 Å². The largest absolute Gasteiger partial charge is 0.256 e. The lowest BCUT2D eigenvalue weighted by atomic mass is 10.0. The number of nitrogens with zero attached hydrogens (tertiary/aromatic N) is 2. The van der Waals surface area contributed by atoms with Crippen molar-refractivity contribution >= 4 is 0 Å². The van der Waals surface area contributed by atoms with Gasteiger partial charge in [-0.1, -0.05) is 90.9 Å². The van der Waals surface area contributed by atoms with E-state index in [0.717, 1.165) is 6.54 Å². The summed E-state index contributed by atoms with van der Waals surface area (Å²) in [5.41, 5.74) is 0. The fourth-order valence-corrected chi connectivity index (χ4v) is 3.91. The monoisotopic (exact) mass is 363 g/mol. The van der Waals surface area contributed by atoms with Crippen molar-refractivity contribution < 1.29 is 4.57 Å². The summed E-state index contributed by atoms with van der Waals surface area (Å²) in [6, 6.07) is 0. The van der Waals surface area contributed by atoms with Crippen LogP contribution in [0, 0.1) is 0 Å². The van der Waals surface area contributed by atoms with Gasteiger partial charge >= 0.3 is 0 Å². The zero-order valence-electron chi connectivity index (χ0n) is 18.3. The summed E-state index contributed by atoms with van der Waals surface area (Å²) in [7, 11) is 0. The second-order valence-electron chi connectivity index (χ2n) is 8.04. The molecule has 0 unspecified atom stereocenters. The van der Waals surface area contributed by atoms with E-state index in [-0.39, 0.29) is 0 Å². The maximum Gasteiger partial charge on any atom is 0.256 e. The highest BCUT2D eigenvalue weighted by molar-refractivity contribution is 4.83. The molecule has 0 amide bonds. The molecule has 2 nitrogen and oxygen atoms in total. The highest BCUT2D eigenvalue weighted by Crippen LogP contribution is 2.12. The quantitative estimate of drug-likeness (QED) is 0.192. The molecule has 0 aromatic carbocycles. The Hall–Kier alpha value is -0.790. The van der Waals surface area contributed by atoms with E-state index < -0.39 is 0 Å². The third-order valence-electron chi connectivity index (χ3n) is 5.69. The molecule has 152 valence electrons. The van der Waals surface area contributed by atoms with Crippen molar-refractivity contribution in [2.75, 3.05) is 0 Å². The summed E-state index contributed by atoms with van der Waals surface area (Å²) < 4.78 is 4.94. The number of unbranched alkanes of at least 4 members (excludes halogenated alkanes) is 13. The summed E-state index contributed by atoms with van der Waals surface area (Å²) in [4.78, 5) is 0. The van der Waals surface area contributed by atoms with Gasteiger partial charge in [0.1, 0.15) is 12.4 Å². The number of aryl methyl sites for hydroxylation is 2. The zero-order chi connectivity index (χ0) is 18.9. The Morgan fingerprint density at radius 2 is 1.15 bits per heavy atom. The average molecular weight is 364 g/mol. The number of hydrogen-bond acceptors (Lipinski definition) is 0. The van der Waals surface area contributed by atoms with E-state index in [1.165, 1.54) is 115 Å². The first-order valence-electron chi connectivity index (χ1n) is 11.9. The summed E-state index contributed by atoms with van der Waals surface area (Å²) in [5.74, 6) is 1.54. The lowest BCUT2D eigenvalue weighted by molar-refractivity contribution is -0.704. The molecule has 1 rings (SSSR count). The van der Waals surface area contributed by atoms with Gasteiger partial charge in [0.05, 0.1) is 13.1 Å². The number of hydrogen-bond donors (Lipinski definition) is 0. The molecule has 0 aliphatic heterocycles. The lowest BCUT2D eigenvalue weighted by Crippen LogP contribution is -2.37. The van der Waals surface area contributed by atoms with E-state index in [1.54, 1.807) is 0 Å². The molecule has 26 heavy (non-hydrogen) atoms. The zero-order valence-corrected chi connectivity index (χ0v) is 18.3. The van der Waals surface area contributed by atoms with Crippen molar-refractivity contribution in [2.24, 2.45) is 0 Å². The summed E-state index contributed by atoms with van der Waals surface area (Å²) in [5, 5.41) is 0. The van der Waals surface area contributed by atoms with E-state index >= 15 is 0 Å². The van der Waals surface area contributed by atoms with Crippen LogP contribution in [0.25, 0.3) is 0 Å². The third-order valence-corrected chi connectivity index (χ3v) is 5.69. The van der Waals surface area contributed by atoms with Crippen molar-refractivity contribution in [1.29, 1.82) is 0 Å². The fourth-order valence-electron chi connectivity index (χ4n) is 3.91. The summed E-state index contributed by atoms with van der Waals surface area (Å²) in [6.45, 7) is 9.15. The van der Waals surface area contributed by atoms with E-state index in [2.05, 4.69) is 42.3 Å². The van der Waals surface area contributed by atoms with Crippen LogP contribution in [0.1, 0.15) is 123 Å². The molecule has 0 saturated carbocycles. The normalized spacial score (nSPS) is 11.3. The van der Waals surface area contributed by atoms with Crippen LogP contribution in [0.4, 0.5) is 0 Å². The Morgan fingerprint density at radius 3 is 1.65 bits per heavy atom. The van der Waals surface area contributed by atoms with Gasteiger partial charge in [-0.25, -0.2) is 9.13 Å². The van der Waals surface area contributed by atoms with E-state index in [1.807, 2.05) is 0 Å². The van der Waals surface area contributed by atoms with Gasteiger partial charge in [-0.3, -0.25) is 0 Å². The topological polar surface area (TPSA) is 8.81 Å². The molecule has 0 aliphatic carbocycles. The van der Waals surface area contributed by atoms with Crippen LogP contribution in [0.15, 0.2) is 12.4 Å². The first-order chi connectivity index (χ1) is 12.8. The van der Waals surface area contributed by atoms with Gasteiger partial charge in [-0.2, -0.15) is 0 Å². The van der Waals surface area contributed by atoms with Crippen LogP contribution in [0.3, 0.4) is 0 Å². The average Bonchev–Trinajstić information content (AvgIpc) is 3.05. The number of rotatable bonds is 18. The minimum absolute atomic E-state index is 1.10. The van der Waals surface area contributed by atoms with E-state index in [0.29, 0.717) is 0 Å². The highest BCUT2D eigenvalue weighted by atomic mass is 15.1. The lowest BCUT2D eigenvalue weighted by Gasteiger charge is -2.05. The maximum absolute atomic E-state index is 2.51. The standard InChI is InChI=1S/C24H47N2/c1-4-7-9-10-11-12-13-14-15-16-17-18-19-21-26-23-22-25(6-3)24(26)20-8-5-2/h22-23H,4-21H2,1-3H3/q+1. The molecule has 0 saturated heterocycles. The minimum Gasteiger partial charge on any atom is -0.235 e. The molecule has 0 aliphatic rings.